The molecule has 0 aliphatic rings. The fourth-order valence-corrected chi connectivity index (χ4v) is 1.05. The lowest BCUT2D eigenvalue weighted by atomic mass is 10.5. The van der Waals surface area contributed by atoms with Gasteiger partial charge in [0.2, 0.25) is 5.91 Å². The van der Waals surface area contributed by atoms with Crippen LogP contribution in [0.5, 0.6) is 0 Å². The molecule has 1 amide bonds. The Balaban J connectivity index is 2.09. The lowest BCUT2D eigenvalue weighted by Crippen LogP contribution is -2.36. The van der Waals surface area contributed by atoms with Crippen molar-refractivity contribution < 1.29 is 4.79 Å². The normalized spacial score (nSPS) is 10.3. The van der Waals surface area contributed by atoms with Crippen molar-refractivity contribution in [1.82, 2.24) is 25.2 Å². The molecule has 0 radical (unpaired) electrons. The maximum Gasteiger partial charge on any atom is 0.236 e. The van der Waals surface area contributed by atoms with Gasteiger partial charge in [0.15, 0.2) is 0 Å². The van der Waals surface area contributed by atoms with E-state index in [-0.39, 0.29) is 5.91 Å². The molecule has 1 aromatic rings. The van der Waals surface area contributed by atoms with Gasteiger partial charge in [0.05, 0.1) is 19.3 Å². The van der Waals surface area contributed by atoms with E-state index < -0.39 is 0 Å². The molecule has 0 aromatic carbocycles. The molecule has 6 nitrogen and oxygen atoms in total. The number of carbonyl (C=O) groups is 1. The molecule has 0 saturated carbocycles. The topological polar surface area (TPSA) is 63.1 Å². The molecule has 0 atom stereocenters. The first-order valence-corrected chi connectivity index (χ1v) is 5.02. The fraction of sp³-hybridized carbons (Fsp3) is 0.667. The van der Waals surface area contributed by atoms with E-state index in [1.54, 1.807) is 29.0 Å². The fourth-order valence-electron chi connectivity index (χ4n) is 1.05. The van der Waals surface area contributed by atoms with Crippen molar-refractivity contribution in [2.75, 3.05) is 26.7 Å². The van der Waals surface area contributed by atoms with Crippen molar-refractivity contribution >= 4 is 5.91 Å². The second kappa shape index (κ2) is 6.13. The maximum absolute atomic E-state index is 11.4. The van der Waals surface area contributed by atoms with Gasteiger partial charge in [-0.3, -0.25) is 9.48 Å². The summed E-state index contributed by atoms with van der Waals surface area (Å²) in [5.41, 5.74) is 0. The molecular formula is C9H17N5O. The van der Waals surface area contributed by atoms with Gasteiger partial charge in [-0.25, -0.2) is 0 Å². The van der Waals surface area contributed by atoms with Crippen molar-refractivity contribution in [2.24, 2.45) is 0 Å². The lowest BCUT2D eigenvalue weighted by molar-refractivity contribution is -0.128. The molecule has 0 aliphatic heterocycles. The Hall–Kier alpha value is -1.43. The monoisotopic (exact) mass is 211 g/mol. The summed E-state index contributed by atoms with van der Waals surface area (Å²) >= 11 is 0. The number of carbonyl (C=O) groups excluding carboxylic acids is 1. The van der Waals surface area contributed by atoms with Crippen LogP contribution in [-0.2, 0) is 11.3 Å². The van der Waals surface area contributed by atoms with Crippen LogP contribution in [0.2, 0.25) is 0 Å². The summed E-state index contributed by atoms with van der Waals surface area (Å²) in [6.45, 7) is 4.51. The summed E-state index contributed by atoms with van der Waals surface area (Å²) < 4.78 is 1.72. The van der Waals surface area contributed by atoms with Gasteiger partial charge in [0.25, 0.3) is 0 Å². The third-order valence-electron chi connectivity index (χ3n) is 2.17. The minimum Gasteiger partial charge on any atom is -0.345 e. The molecule has 84 valence electrons. The number of nitrogens with one attached hydrogen (secondary N) is 1. The Labute approximate surface area is 89.3 Å². The molecule has 0 bridgehead atoms. The van der Waals surface area contributed by atoms with E-state index in [1.165, 1.54) is 0 Å². The zero-order valence-electron chi connectivity index (χ0n) is 9.18. The third-order valence-corrected chi connectivity index (χ3v) is 2.17. The van der Waals surface area contributed by atoms with Crippen molar-refractivity contribution in [1.29, 1.82) is 0 Å². The van der Waals surface area contributed by atoms with Crippen LogP contribution in [0.25, 0.3) is 0 Å². The summed E-state index contributed by atoms with van der Waals surface area (Å²) in [7, 11) is 1.79. The third kappa shape index (κ3) is 4.07. The number of aromatic nitrogens is 3. The van der Waals surface area contributed by atoms with Crippen LogP contribution in [0.15, 0.2) is 12.4 Å². The van der Waals surface area contributed by atoms with E-state index in [2.05, 4.69) is 15.6 Å². The number of hydrogen-bond acceptors (Lipinski definition) is 4. The average molecular weight is 211 g/mol. The summed E-state index contributed by atoms with van der Waals surface area (Å²) in [5.74, 6) is 0.107. The second-order valence-electron chi connectivity index (χ2n) is 3.25. The highest BCUT2D eigenvalue weighted by Crippen LogP contribution is 1.82. The first-order chi connectivity index (χ1) is 7.24. The molecule has 0 fully saturated rings. The largest absolute Gasteiger partial charge is 0.345 e. The first-order valence-electron chi connectivity index (χ1n) is 5.02. The molecular weight excluding hydrogens is 194 g/mol. The molecule has 1 N–H and O–H groups in total. The molecule has 1 heterocycles. The van der Waals surface area contributed by atoms with Gasteiger partial charge in [-0.05, 0) is 6.92 Å². The Bertz CT molecular complexity index is 285. The van der Waals surface area contributed by atoms with Gasteiger partial charge in [-0.2, -0.15) is 0 Å². The summed E-state index contributed by atoms with van der Waals surface area (Å²) in [5, 5.41) is 10.6. The van der Waals surface area contributed by atoms with Crippen LogP contribution in [-0.4, -0.2) is 52.5 Å². The molecule has 0 saturated heterocycles. The Morgan fingerprint density at radius 3 is 3.00 bits per heavy atom. The van der Waals surface area contributed by atoms with Crippen molar-refractivity contribution in [3.05, 3.63) is 12.4 Å². The van der Waals surface area contributed by atoms with Crippen molar-refractivity contribution in [3.63, 3.8) is 0 Å². The van der Waals surface area contributed by atoms with E-state index in [9.17, 15) is 4.79 Å². The minimum atomic E-state index is 0.107. The quantitative estimate of drug-likeness (QED) is 0.635. The van der Waals surface area contributed by atoms with Crippen LogP contribution < -0.4 is 5.32 Å². The molecule has 0 aliphatic carbocycles. The molecule has 0 unspecified atom stereocenters. The molecule has 6 heteroatoms. The van der Waals surface area contributed by atoms with Gasteiger partial charge in [0.1, 0.15) is 0 Å². The second-order valence-corrected chi connectivity index (χ2v) is 3.25. The Kier molecular flexibility index (Phi) is 4.76. The van der Waals surface area contributed by atoms with Gasteiger partial charge in [-0.15, -0.1) is 5.10 Å². The highest BCUT2D eigenvalue weighted by molar-refractivity contribution is 5.77. The zero-order chi connectivity index (χ0) is 11.1. The lowest BCUT2D eigenvalue weighted by Gasteiger charge is -2.14. The van der Waals surface area contributed by atoms with Gasteiger partial charge in [0, 0.05) is 26.3 Å². The SMILES string of the molecule is CCN(C)C(=O)CNCCn1ccnn1. The van der Waals surface area contributed by atoms with Crippen LogP contribution >= 0.6 is 0 Å². The number of rotatable bonds is 6. The summed E-state index contributed by atoms with van der Waals surface area (Å²) in [6.07, 6.45) is 3.43. The summed E-state index contributed by atoms with van der Waals surface area (Å²) in [4.78, 5) is 13.0. The van der Waals surface area contributed by atoms with Crippen molar-refractivity contribution in [3.8, 4) is 0 Å². The summed E-state index contributed by atoms with van der Waals surface area (Å²) in [6, 6.07) is 0. The predicted octanol–water partition coefficient (Wildman–Crippen LogP) is -0.654. The van der Waals surface area contributed by atoms with E-state index in [1.807, 2.05) is 6.92 Å². The van der Waals surface area contributed by atoms with Gasteiger partial charge in [-0.1, -0.05) is 5.21 Å². The smallest absolute Gasteiger partial charge is 0.236 e. The first kappa shape index (κ1) is 11.6. The van der Waals surface area contributed by atoms with Crippen LogP contribution in [0.3, 0.4) is 0 Å². The number of amides is 1. The Morgan fingerprint density at radius 1 is 1.60 bits per heavy atom. The highest BCUT2D eigenvalue weighted by Gasteiger charge is 2.04. The molecule has 1 aromatic heterocycles. The Morgan fingerprint density at radius 2 is 2.40 bits per heavy atom. The predicted molar refractivity (Wildman–Crippen MR) is 56.2 cm³/mol. The number of hydrogen-bond donors (Lipinski definition) is 1. The van der Waals surface area contributed by atoms with Crippen LogP contribution in [0.4, 0.5) is 0 Å². The molecule has 15 heavy (non-hydrogen) atoms. The van der Waals surface area contributed by atoms with Crippen LogP contribution in [0.1, 0.15) is 6.92 Å². The van der Waals surface area contributed by atoms with E-state index >= 15 is 0 Å². The number of nitrogens with zero attached hydrogens (tertiary/aromatic N) is 4. The standard InChI is InChI=1S/C9H17N5O/c1-3-13(2)9(15)8-10-4-6-14-7-5-11-12-14/h5,7,10H,3-4,6,8H2,1-2H3. The van der Waals surface area contributed by atoms with Crippen LogP contribution in [0, 0.1) is 0 Å². The minimum absolute atomic E-state index is 0.107. The van der Waals surface area contributed by atoms with Crippen molar-refractivity contribution in [2.45, 2.75) is 13.5 Å². The van der Waals surface area contributed by atoms with E-state index in [0.717, 1.165) is 13.1 Å². The van der Waals surface area contributed by atoms with E-state index in [4.69, 9.17) is 0 Å². The highest BCUT2D eigenvalue weighted by atomic mass is 16.2. The van der Waals surface area contributed by atoms with Gasteiger partial charge < -0.3 is 10.2 Å². The maximum atomic E-state index is 11.4. The van der Waals surface area contributed by atoms with E-state index in [0.29, 0.717) is 13.1 Å². The number of likely N-dealkylation sites (N-methyl/N-ethyl adjacent to an activating group) is 1. The molecule has 0 spiro atoms. The zero-order valence-corrected chi connectivity index (χ0v) is 9.18. The average Bonchev–Trinajstić information content (AvgIpc) is 2.75. The molecule has 1 rings (SSSR count). The van der Waals surface area contributed by atoms with Gasteiger partial charge >= 0.3 is 0 Å².